The molecule has 4 aromatic rings. The fourth-order valence-corrected chi connectivity index (χ4v) is 7.38. The van der Waals surface area contributed by atoms with Gasteiger partial charge in [0.25, 0.3) is 0 Å². The molecule has 3 nitrogen and oxygen atoms in total. The summed E-state index contributed by atoms with van der Waals surface area (Å²) in [4.78, 5) is 14.8. The third-order valence-electron chi connectivity index (χ3n) is 10.1. The Morgan fingerprint density at radius 3 is 2.00 bits per heavy atom. The summed E-state index contributed by atoms with van der Waals surface area (Å²) in [6.45, 7) is 16.1. The molecule has 1 aliphatic heterocycles. The van der Waals surface area contributed by atoms with E-state index in [2.05, 4.69) is 141 Å². The molecule has 3 heteroatoms. The second-order valence-electron chi connectivity index (χ2n) is 12.9. The van der Waals surface area contributed by atoms with Gasteiger partial charge in [0, 0.05) is 36.0 Å². The summed E-state index contributed by atoms with van der Waals surface area (Å²) in [5, 5.41) is 0. The van der Waals surface area contributed by atoms with Crippen LogP contribution in [0.5, 0.6) is 0 Å². The maximum absolute atomic E-state index is 5.40. The van der Waals surface area contributed by atoms with Crippen molar-refractivity contribution >= 4 is 41.9 Å². The van der Waals surface area contributed by atoms with E-state index < -0.39 is 0 Å². The largest absolute Gasteiger partial charge is 0.264 e. The van der Waals surface area contributed by atoms with Crippen LogP contribution in [0.2, 0.25) is 0 Å². The summed E-state index contributed by atoms with van der Waals surface area (Å²) in [6.07, 6.45) is 29.3. The quantitative estimate of drug-likeness (QED) is 0.169. The second-order valence-corrected chi connectivity index (χ2v) is 12.9. The minimum absolute atomic E-state index is 0.0534. The SMILES string of the molecule is C=Cc1cccc(C2=CCC(C3C=NC(c4ccc(-c5cccc(C=C)c5C=C)cc4)=NC3C3=CCC(c4cccnc4)C=C3)C=C2)c1C=C. The highest BCUT2D eigenvalue weighted by Gasteiger charge is 2.33. The van der Waals surface area contributed by atoms with Crippen molar-refractivity contribution in [1.29, 1.82) is 0 Å². The molecule has 244 valence electrons. The van der Waals surface area contributed by atoms with Crippen LogP contribution in [0, 0.1) is 11.8 Å². The first-order valence-corrected chi connectivity index (χ1v) is 17.3. The first-order valence-electron chi connectivity index (χ1n) is 17.3. The van der Waals surface area contributed by atoms with Crippen LogP contribution < -0.4 is 0 Å². The van der Waals surface area contributed by atoms with Crippen molar-refractivity contribution in [1.82, 2.24) is 4.98 Å². The van der Waals surface area contributed by atoms with Gasteiger partial charge in [-0.15, -0.1) is 0 Å². The van der Waals surface area contributed by atoms with Crippen LogP contribution in [-0.2, 0) is 0 Å². The number of aliphatic imine (C=N–C) groups is 2. The number of benzene rings is 3. The Labute approximate surface area is 296 Å². The molecule has 2 aliphatic carbocycles. The summed E-state index contributed by atoms with van der Waals surface area (Å²) in [7, 11) is 0. The Morgan fingerprint density at radius 2 is 1.38 bits per heavy atom. The van der Waals surface area contributed by atoms with Crippen LogP contribution in [0.4, 0.5) is 0 Å². The van der Waals surface area contributed by atoms with Crippen LogP contribution in [0.25, 0.3) is 41.0 Å². The van der Waals surface area contributed by atoms with Crippen molar-refractivity contribution < 1.29 is 0 Å². The lowest BCUT2D eigenvalue weighted by atomic mass is 9.76. The number of aromatic nitrogens is 1. The Balaban J connectivity index is 1.18. The van der Waals surface area contributed by atoms with Crippen LogP contribution in [0.3, 0.4) is 0 Å². The molecule has 0 spiro atoms. The molecule has 2 heterocycles. The number of pyridine rings is 1. The maximum atomic E-state index is 5.40. The van der Waals surface area contributed by atoms with Crippen LogP contribution in [0.15, 0.2) is 164 Å². The number of nitrogens with zero attached hydrogens (tertiary/aromatic N) is 3. The zero-order chi connectivity index (χ0) is 34.5. The third kappa shape index (κ3) is 6.43. The van der Waals surface area contributed by atoms with E-state index in [-0.39, 0.29) is 17.9 Å². The fourth-order valence-electron chi connectivity index (χ4n) is 7.38. The van der Waals surface area contributed by atoms with E-state index in [9.17, 15) is 0 Å². The first-order chi connectivity index (χ1) is 24.6. The van der Waals surface area contributed by atoms with Crippen molar-refractivity contribution in [3.63, 3.8) is 0 Å². The summed E-state index contributed by atoms with van der Waals surface area (Å²) in [5.41, 5.74) is 12.5. The Morgan fingerprint density at radius 1 is 0.660 bits per heavy atom. The molecular formula is C47H41N3. The molecular weight excluding hydrogens is 607 g/mol. The minimum atomic E-state index is -0.0534. The number of hydrogen-bond acceptors (Lipinski definition) is 3. The highest BCUT2D eigenvalue weighted by atomic mass is 15.0. The summed E-state index contributed by atoms with van der Waals surface area (Å²) in [6, 6.07) is 25.3. The smallest absolute Gasteiger partial charge is 0.154 e. The van der Waals surface area contributed by atoms with Crippen molar-refractivity contribution in [2.75, 3.05) is 0 Å². The van der Waals surface area contributed by atoms with E-state index in [1.807, 2.05) is 42.8 Å². The van der Waals surface area contributed by atoms with Gasteiger partial charge in [-0.05, 0) is 80.5 Å². The predicted octanol–water partition coefficient (Wildman–Crippen LogP) is 11.5. The van der Waals surface area contributed by atoms with Crippen LogP contribution in [-0.4, -0.2) is 23.1 Å². The Bertz CT molecular complexity index is 2140. The van der Waals surface area contributed by atoms with Crippen LogP contribution in [0.1, 0.15) is 57.7 Å². The average Bonchev–Trinajstić information content (AvgIpc) is 3.20. The zero-order valence-electron chi connectivity index (χ0n) is 28.3. The first kappa shape index (κ1) is 32.6. The number of amidine groups is 1. The zero-order valence-corrected chi connectivity index (χ0v) is 28.3. The van der Waals surface area contributed by atoms with E-state index in [0.29, 0.717) is 5.92 Å². The van der Waals surface area contributed by atoms with Crippen molar-refractivity contribution in [3.8, 4) is 11.1 Å². The Kier molecular flexibility index (Phi) is 9.57. The molecule has 4 unspecified atom stereocenters. The highest BCUT2D eigenvalue weighted by Crippen LogP contribution is 2.38. The highest BCUT2D eigenvalue weighted by molar-refractivity contribution is 6.05. The van der Waals surface area contributed by atoms with Gasteiger partial charge < -0.3 is 0 Å². The third-order valence-corrected chi connectivity index (χ3v) is 10.1. The maximum Gasteiger partial charge on any atom is 0.154 e. The van der Waals surface area contributed by atoms with Crippen molar-refractivity contribution in [3.05, 3.63) is 192 Å². The number of hydrogen-bond donors (Lipinski definition) is 0. The van der Waals surface area contributed by atoms with Crippen molar-refractivity contribution in [2.45, 2.75) is 24.8 Å². The molecule has 0 saturated carbocycles. The monoisotopic (exact) mass is 647 g/mol. The number of rotatable bonds is 10. The van der Waals surface area contributed by atoms with Crippen molar-refractivity contribution in [2.24, 2.45) is 21.8 Å². The molecule has 50 heavy (non-hydrogen) atoms. The van der Waals surface area contributed by atoms with Gasteiger partial charge in [0.2, 0.25) is 0 Å². The van der Waals surface area contributed by atoms with Gasteiger partial charge in [0.05, 0.1) is 6.04 Å². The van der Waals surface area contributed by atoms with E-state index in [1.54, 1.807) is 0 Å². The van der Waals surface area contributed by atoms with Gasteiger partial charge in [-0.25, -0.2) is 4.99 Å². The van der Waals surface area contributed by atoms with Gasteiger partial charge in [0.15, 0.2) is 5.84 Å². The number of allylic oxidation sites excluding steroid dienone is 6. The normalized spacial score (nSPS) is 21.1. The second kappa shape index (κ2) is 14.7. The summed E-state index contributed by atoms with van der Waals surface area (Å²) >= 11 is 0. The topological polar surface area (TPSA) is 37.6 Å². The fraction of sp³-hybridized carbons (Fsp3) is 0.128. The standard InChI is InChI=1S/C47H41N3/c1-5-32-12-9-15-43(41(32)7-3)35-19-21-37(22-20-35)45-31-49-47(50-46(45)38-25-17-34(18-26-38)40-14-11-29-48-30-40)39-27-23-36(24-28-39)44-16-10-13-33(6-2)42(44)8-4/h5-17,19-21,23-31,34,37,45-46H,1-4,18,22H2. The summed E-state index contributed by atoms with van der Waals surface area (Å²) < 4.78 is 0. The van der Waals surface area contributed by atoms with Gasteiger partial charge in [-0.1, -0.05) is 154 Å². The minimum Gasteiger partial charge on any atom is -0.264 e. The molecule has 0 radical (unpaired) electrons. The van der Waals surface area contributed by atoms with Gasteiger partial charge in [0.1, 0.15) is 0 Å². The average molecular weight is 648 g/mol. The molecule has 0 amide bonds. The predicted molar refractivity (Wildman–Crippen MR) is 215 cm³/mol. The molecule has 7 rings (SSSR count). The van der Waals surface area contributed by atoms with E-state index in [4.69, 9.17) is 9.98 Å². The van der Waals surface area contributed by atoms with Crippen LogP contribution >= 0.6 is 0 Å². The van der Waals surface area contributed by atoms with Gasteiger partial charge in [-0.3, -0.25) is 9.98 Å². The van der Waals surface area contributed by atoms with E-state index in [1.165, 1.54) is 22.3 Å². The molecule has 0 fully saturated rings. The molecule has 1 aromatic heterocycles. The lowest BCUT2D eigenvalue weighted by Gasteiger charge is -2.33. The Hall–Kier alpha value is -5.93. The van der Waals surface area contributed by atoms with E-state index >= 15 is 0 Å². The van der Waals surface area contributed by atoms with E-state index in [0.717, 1.165) is 57.6 Å². The summed E-state index contributed by atoms with van der Waals surface area (Å²) in [5.74, 6) is 1.45. The van der Waals surface area contributed by atoms with Gasteiger partial charge >= 0.3 is 0 Å². The lowest BCUT2D eigenvalue weighted by Crippen LogP contribution is -2.33. The van der Waals surface area contributed by atoms with Gasteiger partial charge in [-0.2, -0.15) is 0 Å². The molecule has 4 atom stereocenters. The molecule has 3 aliphatic rings. The molecule has 0 saturated heterocycles. The molecule has 0 bridgehead atoms. The molecule has 0 N–H and O–H groups in total. The lowest BCUT2D eigenvalue weighted by molar-refractivity contribution is 0.459. The molecule has 3 aromatic carbocycles.